The van der Waals surface area contributed by atoms with Crippen LogP contribution in [0.1, 0.15) is 24.8 Å². The van der Waals surface area contributed by atoms with E-state index in [0.29, 0.717) is 12.4 Å². The Morgan fingerprint density at radius 3 is 2.41 bits per heavy atom. The number of benzene rings is 1. The molecule has 0 aliphatic heterocycles. The van der Waals surface area contributed by atoms with Crippen LogP contribution in [0, 0.1) is 0 Å². The molecule has 0 aliphatic rings. The Hall–Kier alpha value is -3.33. The number of carbonyl (C=O) groups excluding carboxylic acids is 2. The minimum atomic E-state index is -0.984. The summed E-state index contributed by atoms with van der Waals surface area (Å²) in [6.07, 6.45) is 4.92. The van der Waals surface area contributed by atoms with Gasteiger partial charge < -0.3 is 21.5 Å². The van der Waals surface area contributed by atoms with E-state index in [-0.39, 0.29) is 19.4 Å². The van der Waals surface area contributed by atoms with Crippen molar-refractivity contribution >= 4 is 17.8 Å². The van der Waals surface area contributed by atoms with Crippen LogP contribution in [0.25, 0.3) is 11.4 Å². The zero-order valence-corrected chi connectivity index (χ0v) is 16.0. The van der Waals surface area contributed by atoms with Crippen molar-refractivity contribution in [2.75, 3.05) is 13.1 Å². The summed E-state index contributed by atoms with van der Waals surface area (Å²) < 4.78 is 0. The number of nitrogens with zero attached hydrogens (tertiary/aromatic N) is 2. The SMILES string of the molecule is NC(=O)CNC(=O)C(CCC(=O)O)NCCCc1ccc(-c2ncccn2)cc1. The molecular weight excluding hydrogens is 374 g/mol. The van der Waals surface area contributed by atoms with Gasteiger partial charge in [0.05, 0.1) is 12.6 Å². The van der Waals surface area contributed by atoms with Crippen LogP contribution in [0.3, 0.4) is 0 Å². The Bertz CT molecular complexity index is 811. The maximum Gasteiger partial charge on any atom is 0.303 e. The molecule has 0 aliphatic carbocycles. The zero-order chi connectivity index (χ0) is 21.1. The van der Waals surface area contributed by atoms with Gasteiger partial charge in [-0.2, -0.15) is 0 Å². The lowest BCUT2D eigenvalue weighted by atomic mass is 10.1. The first-order valence-corrected chi connectivity index (χ1v) is 9.33. The molecule has 0 saturated carbocycles. The molecule has 0 bridgehead atoms. The molecule has 1 aromatic heterocycles. The third-order valence-corrected chi connectivity index (χ3v) is 4.21. The predicted octanol–water partition coefficient (Wildman–Crippen LogP) is 0.501. The van der Waals surface area contributed by atoms with Crippen LogP contribution >= 0.6 is 0 Å². The van der Waals surface area contributed by atoms with Crippen LogP contribution < -0.4 is 16.4 Å². The predicted molar refractivity (Wildman–Crippen MR) is 107 cm³/mol. The summed E-state index contributed by atoms with van der Waals surface area (Å²) in [5, 5.41) is 14.3. The summed E-state index contributed by atoms with van der Waals surface area (Å²) in [6, 6.07) is 9.02. The van der Waals surface area contributed by atoms with E-state index >= 15 is 0 Å². The second-order valence-corrected chi connectivity index (χ2v) is 6.50. The molecular formula is C20H25N5O4. The molecule has 29 heavy (non-hydrogen) atoms. The molecule has 9 heteroatoms. The number of hydrogen-bond acceptors (Lipinski definition) is 6. The van der Waals surface area contributed by atoms with E-state index in [1.165, 1.54) is 0 Å². The summed E-state index contributed by atoms with van der Waals surface area (Å²) in [4.78, 5) is 42.1. The summed E-state index contributed by atoms with van der Waals surface area (Å²) in [5.74, 6) is -1.40. The highest BCUT2D eigenvalue weighted by Crippen LogP contribution is 2.15. The number of aryl methyl sites for hydroxylation is 1. The van der Waals surface area contributed by atoms with Gasteiger partial charge in [-0.3, -0.25) is 14.4 Å². The third-order valence-electron chi connectivity index (χ3n) is 4.21. The molecule has 0 radical (unpaired) electrons. The van der Waals surface area contributed by atoms with Gasteiger partial charge in [0.2, 0.25) is 11.8 Å². The minimum Gasteiger partial charge on any atom is -0.481 e. The molecule has 2 amide bonds. The number of carboxylic acid groups (broad SMARTS) is 1. The molecule has 154 valence electrons. The van der Waals surface area contributed by atoms with Crippen LogP contribution in [0.2, 0.25) is 0 Å². The highest BCUT2D eigenvalue weighted by molar-refractivity contribution is 5.87. The first-order valence-electron chi connectivity index (χ1n) is 9.33. The zero-order valence-electron chi connectivity index (χ0n) is 16.0. The summed E-state index contributed by atoms with van der Waals surface area (Å²) >= 11 is 0. The Labute approximate surface area is 168 Å². The number of nitrogens with one attached hydrogen (secondary N) is 2. The molecule has 1 aromatic carbocycles. The highest BCUT2D eigenvalue weighted by Gasteiger charge is 2.19. The first kappa shape index (κ1) is 22.0. The lowest BCUT2D eigenvalue weighted by Crippen LogP contribution is -2.47. The van der Waals surface area contributed by atoms with Gasteiger partial charge in [-0.25, -0.2) is 9.97 Å². The van der Waals surface area contributed by atoms with E-state index in [2.05, 4.69) is 20.6 Å². The number of primary amides is 1. The number of carboxylic acids is 1. The monoisotopic (exact) mass is 399 g/mol. The van der Waals surface area contributed by atoms with E-state index in [1.807, 2.05) is 24.3 Å². The molecule has 2 rings (SSSR count). The number of rotatable bonds is 12. The van der Waals surface area contributed by atoms with Gasteiger partial charge in [0.25, 0.3) is 0 Å². The Kier molecular flexibility index (Phi) is 8.71. The number of hydrogen-bond donors (Lipinski definition) is 4. The quantitative estimate of drug-likeness (QED) is 0.380. The van der Waals surface area contributed by atoms with Crippen LogP contribution in [-0.4, -0.2) is 52.0 Å². The molecule has 5 N–H and O–H groups in total. The van der Waals surface area contributed by atoms with E-state index in [4.69, 9.17) is 10.8 Å². The van der Waals surface area contributed by atoms with Gasteiger partial charge in [-0.15, -0.1) is 0 Å². The van der Waals surface area contributed by atoms with Crippen LogP contribution in [0.15, 0.2) is 42.7 Å². The van der Waals surface area contributed by atoms with E-state index in [1.54, 1.807) is 18.5 Å². The maximum atomic E-state index is 12.1. The standard InChI is InChI=1S/C20H25N5O4/c21-17(26)13-25-20(29)16(8-9-18(27)28)22-10-1-3-14-4-6-15(7-5-14)19-23-11-2-12-24-19/h2,4-7,11-12,16,22H,1,3,8-10,13H2,(H2,21,26)(H,25,29)(H,27,28). The van der Waals surface area contributed by atoms with E-state index < -0.39 is 23.8 Å². The Balaban J connectivity index is 1.81. The minimum absolute atomic E-state index is 0.131. The number of aromatic nitrogens is 2. The normalized spacial score (nSPS) is 11.6. The third kappa shape index (κ3) is 8.06. The lowest BCUT2D eigenvalue weighted by molar-refractivity contribution is -0.137. The maximum absolute atomic E-state index is 12.1. The van der Waals surface area contributed by atoms with Crippen molar-refractivity contribution in [2.45, 2.75) is 31.7 Å². The van der Waals surface area contributed by atoms with E-state index in [9.17, 15) is 14.4 Å². The highest BCUT2D eigenvalue weighted by atomic mass is 16.4. The molecule has 0 fully saturated rings. The fourth-order valence-corrected chi connectivity index (χ4v) is 2.73. The summed E-state index contributed by atoms with van der Waals surface area (Å²) in [7, 11) is 0. The molecule has 1 unspecified atom stereocenters. The smallest absolute Gasteiger partial charge is 0.303 e. The number of amides is 2. The molecule has 2 aromatic rings. The van der Waals surface area contributed by atoms with Crippen molar-refractivity contribution in [1.29, 1.82) is 0 Å². The Morgan fingerprint density at radius 2 is 1.79 bits per heavy atom. The van der Waals surface area contributed by atoms with Gasteiger partial charge >= 0.3 is 5.97 Å². The average molecular weight is 399 g/mol. The first-order chi connectivity index (χ1) is 14.0. The second kappa shape index (κ2) is 11.5. The molecule has 0 spiro atoms. The fourth-order valence-electron chi connectivity index (χ4n) is 2.73. The molecule has 1 heterocycles. The molecule has 9 nitrogen and oxygen atoms in total. The number of carbonyl (C=O) groups is 3. The van der Waals surface area contributed by atoms with E-state index in [0.717, 1.165) is 24.0 Å². The van der Waals surface area contributed by atoms with Gasteiger partial charge in [0, 0.05) is 24.4 Å². The van der Waals surface area contributed by atoms with Gasteiger partial charge in [-0.05, 0) is 37.4 Å². The van der Waals surface area contributed by atoms with Crippen molar-refractivity contribution < 1.29 is 19.5 Å². The van der Waals surface area contributed by atoms with Gasteiger partial charge in [-0.1, -0.05) is 24.3 Å². The van der Waals surface area contributed by atoms with Crippen molar-refractivity contribution in [1.82, 2.24) is 20.6 Å². The molecule has 1 atom stereocenters. The lowest BCUT2D eigenvalue weighted by Gasteiger charge is -2.17. The van der Waals surface area contributed by atoms with Crippen molar-refractivity contribution in [2.24, 2.45) is 5.73 Å². The topological polar surface area (TPSA) is 147 Å². The van der Waals surface area contributed by atoms with Gasteiger partial charge in [0.1, 0.15) is 0 Å². The number of aliphatic carboxylic acids is 1. The largest absolute Gasteiger partial charge is 0.481 e. The number of nitrogens with two attached hydrogens (primary N) is 1. The van der Waals surface area contributed by atoms with Crippen molar-refractivity contribution in [3.63, 3.8) is 0 Å². The average Bonchev–Trinajstić information content (AvgIpc) is 2.72. The summed E-state index contributed by atoms with van der Waals surface area (Å²) in [5.41, 5.74) is 7.09. The second-order valence-electron chi connectivity index (χ2n) is 6.50. The summed E-state index contributed by atoms with van der Waals surface area (Å²) in [6.45, 7) is 0.249. The van der Waals surface area contributed by atoms with Crippen molar-refractivity contribution in [3.8, 4) is 11.4 Å². The fraction of sp³-hybridized carbons (Fsp3) is 0.350. The van der Waals surface area contributed by atoms with Crippen LogP contribution in [-0.2, 0) is 20.8 Å². The van der Waals surface area contributed by atoms with Gasteiger partial charge in [0.15, 0.2) is 5.82 Å². The Morgan fingerprint density at radius 1 is 1.10 bits per heavy atom. The van der Waals surface area contributed by atoms with Crippen LogP contribution in [0.5, 0.6) is 0 Å². The van der Waals surface area contributed by atoms with Crippen molar-refractivity contribution in [3.05, 3.63) is 48.3 Å². The molecule has 0 saturated heterocycles. The van der Waals surface area contributed by atoms with Crippen LogP contribution in [0.4, 0.5) is 0 Å².